The molecule has 0 unspecified atom stereocenters. The number of urea groups is 1. The fourth-order valence-electron chi connectivity index (χ4n) is 2.37. The molecule has 0 radical (unpaired) electrons. The lowest BCUT2D eigenvalue weighted by Crippen LogP contribution is -2.45. The molecule has 0 aliphatic heterocycles. The van der Waals surface area contributed by atoms with Crippen LogP contribution in [-0.4, -0.2) is 35.5 Å². The molecule has 5 heteroatoms. The van der Waals surface area contributed by atoms with E-state index in [1.807, 2.05) is 18.2 Å². The summed E-state index contributed by atoms with van der Waals surface area (Å²) in [6.45, 7) is 1.03. The van der Waals surface area contributed by atoms with Gasteiger partial charge in [-0.25, -0.2) is 4.79 Å². The number of amides is 3. The third-order valence-corrected chi connectivity index (χ3v) is 3.80. The zero-order chi connectivity index (χ0) is 14.7. The molecular formula is C16H21N3O2. The van der Waals surface area contributed by atoms with Crippen LogP contribution in [-0.2, 0) is 11.3 Å². The lowest BCUT2D eigenvalue weighted by atomic mass is 10.2. The Bertz CT molecular complexity index is 510. The van der Waals surface area contributed by atoms with Gasteiger partial charge in [-0.1, -0.05) is 30.3 Å². The Balaban J connectivity index is 1.49. The maximum atomic E-state index is 12.0. The predicted molar refractivity (Wildman–Crippen MR) is 79.6 cm³/mol. The van der Waals surface area contributed by atoms with Crippen molar-refractivity contribution in [2.24, 2.45) is 0 Å². The normalized spacial score (nSPS) is 17.6. The highest BCUT2D eigenvalue weighted by Crippen LogP contribution is 2.28. The van der Waals surface area contributed by atoms with Gasteiger partial charge in [-0.2, -0.15) is 0 Å². The molecule has 0 saturated heterocycles. The summed E-state index contributed by atoms with van der Waals surface area (Å²) in [6.07, 6.45) is 4.30. The summed E-state index contributed by atoms with van der Waals surface area (Å²) >= 11 is 0. The van der Waals surface area contributed by atoms with Crippen LogP contribution in [0.3, 0.4) is 0 Å². The molecule has 1 aromatic rings. The molecule has 0 spiro atoms. The minimum Gasteiger partial charge on any atom is -0.335 e. The Morgan fingerprint density at radius 2 is 1.81 bits per heavy atom. The zero-order valence-electron chi connectivity index (χ0n) is 12.0. The first-order valence-corrected chi connectivity index (χ1v) is 7.59. The molecule has 21 heavy (non-hydrogen) atoms. The van der Waals surface area contributed by atoms with Gasteiger partial charge >= 0.3 is 6.03 Å². The van der Waals surface area contributed by atoms with Crippen LogP contribution in [0.1, 0.15) is 31.2 Å². The summed E-state index contributed by atoms with van der Waals surface area (Å²) in [7, 11) is 0. The molecule has 2 N–H and O–H groups in total. The molecule has 2 fully saturated rings. The minimum absolute atomic E-state index is 0.226. The van der Waals surface area contributed by atoms with E-state index in [9.17, 15) is 9.59 Å². The molecule has 2 aliphatic carbocycles. The molecule has 0 bridgehead atoms. The van der Waals surface area contributed by atoms with Crippen LogP contribution in [0.5, 0.6) is 0 Å². The third-order valence-electron chi connectivity index (χ3n) is 3.80. The average Bonchev–Trinajstić information content (AvgIpc) is 3.33. The lowest BCUT2D eigenvalue weighted by Gasteiger charge is -2.21. The van der Waals surface area contributed by atoms with Crippen molar-refractivity contribution in [3.63, 3.8) is 0 Å². The molecule has 1 aromatic carbocycles. The second kappa shape index (κ2) is 6.26. The summed E-state index contributed by atoms with van der Waals surface area (Å²) in [5, 5.41) is 5.18. The largest absolute Gasteiger partial charge is 0.335 e. The maximum absolute atomic E-state index is 12.0. The van der Waals surface area contributed by atoms with Gasteiger partial charge in [0.25, 0.3) is 0 Å². The molecular weight excluding hydrogens is 266 g/mol. The number of nitrogens with zero attached hydrogens (tertiary/aromatic N) is 1. The summed E-state index contributed by atoms with van der Waals surface area (Å²) in [6, 6.07) is 10.5. The van der Waals surface area contributed by atoms with Crippen LogP contribution in [0, 0.1) is 0 Å². The van der Waals surface area contributed by atoms with Gasteiger partial charge in [0.1, 0.15) is 0 Å². The molecule has 2 aliphatic rings. The number of carbonyl (C=O) groups is 2. The van der Waals surface area contributed by atoms with Gasteiger partial charge < -0.3 is 5.32 Å². The SMILES string of the molecule is O=C(CN(Cc1ccccc1)C1CC1)NC(=O)NC1CC1. The number of rotatable bonds is 6. The van der Waals surface area contributed by atoms with Crippen LogP contribution in [0.4, 0.5) is 4.79 Å². The fraction of sp³-hybridized carbons (Fsp3) is 0.500. The van der Waals surface area contributed by atoms with Gasteiger partial charge in [0.15, 0.2) is 0 Å². The van der Waals surface area contributed by atoms with Crippen molar-refractivity contribution in [3.05, 3.63) is 35.9 Å². The fourth-order valence-corrected chi connectivity index (χ4v) is 2.37. The average molecular weight is 287 g/mol. The third kappa shape index (κ3) is 4.56. The van der Waals surface area contributed by atoms with Gasteiger partial charge in [-0.3, -0.25) is 15.0 Å². The number of benzene rings is 1. The highest BCUT2D eigenvalue weighted by Gasteiger charge is 2.31. The Morgan fingerprint density at radius 1 is 1.10 bits per heavy atom. The van der Waals surface area contributed by atoms with Gasteiger partial charge in [-0.15, -0.1) is 0 Å². The second-order valence-corrected chi connectivity index (χ2v) is 5.92. The van der Waals surface area contributed by atoms with Gasteiger partial charge in [0.2, 0.25) is 5.91 Å². The molecule has 2 saturated carbocycles. The number of hydrogen-bond acceptors (Lipinski definition) is 3. The van der Waals surface area contributed by atoms with Crippen LogP contribution in [0.2, 0.25) is 0 Å². The van der Waals surface area contributed by atoms with Crippen LogP contribution < -0.4 is 10.6 Å². The van der Waals surface area contributed by atoms with E-state index in [4.69, 9.17) is 0 Å². The van der Waals surface area contributed by atoms with Crippen LogP contribution in [0.15, 0.2) is 30.3 Å². The molecule has 0 atom stereocenters. The van der Waals surface area contributed by atoms with E-state index in [-0.39, 0.29) is 24.5 Å². The molecule has 3 rings (SSSR count). The number of hydrogen-bond donors (Lipinski definition) is 2. The van der Waals surface area contributed by atoms with Crippen molar-refractivity contribution in [1.29, 1.82) is 0 Å². The van der Waals surface area contributed by atoms with E-state index >= 15 is 0 Å². The summed E-state index contributed by atoms with van der Waals surface area (Å²) in [4.78, 5) is 25.7. The highest BCUT2D eigenvalue weighted by atomic mass is 16.2. The first-order chi connectivity index (χ1) is 10.2. The first kappa shape index (κ1) is 14.1. The van der Waals surface area contributed by atoms with Crippen LogP contribution in [0.25, 0.3) is 0 Å². The summed E-state index contributed by atoms with van der Waals surface area (Å²) in [5.41, 5.74) is 1.19. The molecule has 0 aromatic heterocycles. The number of nitrogens with one attached hydrogen (secondary N) is 2. The van der Waals surface area contributed by atoms with Crippen molar-refractivity contribution >= 4 is 11.9 Å². The summed E-state index contributed by atoms with van der Waals surface area (Å²) < 4.78 is 0. The lowest BCUT2D eigenvalue weighted by molar-refractivity contribution is -0.121. The standard InChI is InChI=1S/C16H21N3O2/c20-15(18-16(21)17-13-6-7-13)11-19(14-8-9-14)10-12-4-2-1-3-5-12/h1-5,13-14H,6-11H2,(H2,17,18,20,21). The Labute approximate surface area is 124 Å². The smallest absolute Gasteiger partial charge is 0.321 e. The quantitative estimate of drug-likeness (QED) is 0.836. The van der Waals surface area contributed by atoms with Crippen molar-refractivity contribution in [2.75, 3.05) is 6.54 Å². The van der Waals surface area contributed by atoms with Crippen LogP contribution >= 0.6 is 0 Å². The van der Waals surface area contributed by atoms with E-state index in [0.29, 0.717) is 6.04 Å². The van der Waals surface area contributed by atoms with E-state index in [1.54, 1.807) is 0 Å². The second-order valence-electron chi connectivity index (χ2n) is 5.92. The molecule has 3 amide bonds. The minimum atomic E-state index is -0.363. The highest BCUT2D eigenvalue weighted by molar-refractivity contribution is 5.95. The first-order valence-electron chi connectivity index (χ1n) is 7.59. The number of imide groups is 1. The number of carbonyl (C=O) groups excluding carboxylic acids is 2. The summed E-state index contributed by atoms with van der Waals surface area (Å²) in [5.74, 6) is -0.226. The van der Waals surface area contributed by atoms with Crippen molar-refractivity contribution in [2.45, 2.75) is 44.3 Å². The van der Waals surface area contributed by atoms with E-state index < -0.39 is 0 Å². The van der Waals surface area contributed by atoms with Crippen molar-refractivity contribution < 1.29 is 9.59 Å². The monoisotopic (exact) mass is 287 g/mol. The zero-order valence-corrected chi connectivity index (χ0v) is 12.0. The van der Waals surface area contributed by atoms with Gasteiger partial charge in [-0.05, 0) is 31.2 Å². The molecule has 112 valence electrons. The van der Waals surface area contributed by atoms with E-state index in [1.165, 1.54) is 5.56 Å². The van der Waals surface area contributed by atoms with Crippen molar-refractivity contribution in [1.82, 2.24) is 15.5 Å². The van der Waals surface area contributed by atoms with Gasteiger partial charge in [0, 0.05) is 18.6 Å². The van der Waals surface area contributed by atoms with E-state index in [0.717, 1.165) is 32.2 Å². The predicted octanol–water partition coefficient (Wildman–Crippen LogP) is 1.64. The topological polar surface area (TPSA) is 61.4 Å². The van der Waals surface area contributed by atoms with Crippen molar-refractivity contribution in [3.8, 4) is 0 Å². The Morgan fingerprint density at radius 3 is 2.43 bits per heavy atom. The molecule has 5 nitrogen and oxygen atoms in total. The van der Waals surface area contributed by atoms with Gasteiger partial charge in [0.05, 0.1) is 6.54 Å². The molecule has 0 heterocycles. The Hall–Kier alpha value is -1.88. The Kier molecular flexibility index (Phi) is 4.20. The maximum Gasteiger partial charge on any atom is 0.321 e. The van der Waals surface area contributed by atoms with E-state index in [2.05, 4.69) is 27.7 Å².